The smallest absolute Gasteiger partial charge is 0.236 e. The Morgan fingerprint density at radius 1 is 1.15 bits per heavy atom. The topological polar surface area (TPSA) is 77.9 Å². The van der Waals surface area contributed by atoms with E-state index in [0.717, 1.165) is 19.3 Å². The van der Waals surface area contributed by atoms with Gasteiger partial charge in [-0.05, 0) is 56.6 Å². The fourth-order valence-corrected chi connectivity index (χ4v) is 8.47. The Balaban J connectivity index is 1.68. The van der Waals surface area contributed by atoms with Crippen LogP contribution >= 0.6 is 11.8 Å². The molecule has 184 valence electrons. The van der Waals surface area contributed by atoms with Gasteiger partial charge in [-0.2, -0.15) is 11.8 Å². The normalized spacial score (nSPS) is 40.0. The fourth-order valence-electron chi connectivity index (χ4n) is 7.13. The lowest BCUT2D eigenvalue weighted by Gasteiger charge is -2.42. The largest absolute Gasteiger partial charge is 0.369 e. The van der Waals surface area contributed by atoms with E-state index >= 15 is 0 Å². The maximum absolute atomic E-state index is 14.2. The molecule has 0 aromatic rings. The number of amides is 2. The minimum atomic E-state index is -1.59. The van der Waals surface area contributed by atoms with Crippen LogP contribution in [-0.4, -0.2) is 68.9 Å². The zero-order valence-electron chi connectivity index (χ0n) is 20.5. The molecule has 33 heavy (non-hydrogen) atoms. The van der Waals surface area contributed by atoms with Crippen molar-refractivity contribution in [2.24, 2.45) is 35.5 Å². The number of aliphatic hydroxyl groups is 1. The molecule has 2 aliphatic carbocycles. The molecule has 2 amide bonds. The first-order valence-electron chi connectivity index (χ1n) is 13.0. The molecule has 0 aromatic heterocycles. The Kier molecular flexibility index (Phi) is 7.30. The Hall–Kier alpha value is -1.34. The molecule has 1 saturated carbocycles. The second-order valence-corrected chi connectivity index (χ2v) is 11.7. The number of rotatable bonds is 7. The number of thioether (sulfide) groups is 1. The van der Waals surface area contributed by atoms with Gasteiger partial charge in [-0.1, -0.05) is 38.8 Å². The Morgan fingerprint density at radius 2 is 1.85 bits per heavy atom. The number of ketones is 1. The van der Waals surface area contributed by atoms with Crippen molar-refractivity contribution in [3.05, 3.63) is 12.2 Å². The van der Waals surface area contributed by atoms with Crippen molar-refractivity contribution >= 4 is 29.4 Å². The van der Waals surface area contributed by atoms with Crippen molar-refractivity contribution in [1.29, 1.82) is 0 Å². The van der Waals surface area contributed by atoms with Gasteiger partial charge in [0.15, 0.2) is 11.5 Å². The summed E-state index contributed by atoms with van der Waals surface area (Å²) in [6, 6.07) is 0. The summed E-state index contributed by atoms with van der Waals surface area (Å²) >= 11 is 1.47. The SMILES string of the molecule is CCS[C@@H]1[C@H](C(=O)C2[C@H]3CCCC[C@@H]3C=C[C@@H]2C)C(=O)N2CC[C@@H](C(=O)N(CC)CC)[C@@]12O. The molecule has 4 rings (SSSR count). The summed E-state index contributed by atoms with van der Waals surface area (Å²) in [6.45, 7) is 9.42. The van der Waals surface area contributed by atoms with Gasteiger partial charge in [0.1, 0.15) is 5.92 Å². The summed E-state index contributed by atoms with van der Waals surface area (Å²) in [5.74, 6) is -0.631. The number of carbonyl (C=O) groups excluding carboxylic acids is 3. The standard InChI is InChI=1S/C26H40N2O4S/c1-5-27(6-2)24(30)19-14-15-28-25(31)21(23(33-7-3)26(19,28)32)22(29)20-16(4)12-13-17-10-8-9-11-18(17)20/h12-13,16-21,23,32H,5-11,14-15H2,1-4H3/t16-,17+,18-,19-,20?,21-,23+,26+/m0/s1. The van der Waals surface area contributed by atoms with Gasteiger partial charge in [-0.15, -0.1) is 0 Å². The van der Waals surface area contributed by atoms with Crippen molar-refractivity contribution in [3.63, 3.8) is 0 Å². The predicted molar refractivity (Wildman–Crippen MR) is 130 cm³/mol. The highest BCUT2D eigenvalue weighted by molar-refractivity contribution is 8.00. The van der Waals surface area contributed by atoms with Gasteiger partial charge in [0.05, 0.1) is 11.2 Å². The van der Waals surface area contributed by atoms with Crippen molar-refractivity contribution in [2.45, 2.75) is 70.8 Å². The third kappa shape index (κ3) is 3.87. The Morgan fingerprint density at radius 3 is 2.52 bits per heavy atom. The molecule has 2 aliphatic heterocycles. The maximum atomic E-state index is 14.2. The highest BCUT2D eigenvalue weighted by atomic mass is 32.2. The number of hydrogen-bond acceptors (Lipinski definition) is 5. The lowest BCUT2D eigenvalue weighted by atomic mass is 9.62. The number of hydrogen-bond donors (Lipinski definition) is 1. The van der Waals surface area contributed by atoms with Crippen LogP contribution in [0.4, 0.5) is 0 Å². The molecule has 1 unspecified atom stereocenters. The van der Waals surface area contributed by atoms with Crippen LogP contribution in [0.15, 0.2) is 12.2 Å². The molecule has 8 atom stereocenters. The molecule has 0 bridgehead atoms. The van der Waals surface area contributed by atoms with Crippen LogP contribution in [0.5, 0.6) is 0 Å². The van der Waals surface area contributed by atoms with E-state index in [9.17, 15) is 19.5 Å². The molecule has 0 spiro atoms. The average molecular weight is 477 g/mol. The minimum absolute atomic E-state index is 0.00318. The third-order valence-electron chi connectivity index (χ3n) is 8.76. The Labute approximate surface area is 202 Å². The minimum Gasteiger partial charge on any atom is -0.369 e. The third-order valence-corrected chi connectivity index (χ3v) is 10.1. The van der Waals surface area contributed by atoms with Crippen LogP contribution in [-0.2, 0) is 14.4 Å². The van der Waals surface area contributed by atoms with E-state index in [4.69, 9.17) is 0 Å². The molecular weight excluding hydrogens is 436 g/mol. The number of nitrogens with zero attached hydrogens (tertiary/aromatic N) is 2. The van der Waals surface area contributed by atoms with E-state index in [1.54, 1.807) is 4.90 Å². The lowest BCUT2D eigenvalue weighted by molar-refractivity contribution is -0.155. The van der Waals surface area contributed by atoms with Gasteiger partial charge in [0.25, 0.3) is 0 Å². The molecule has 4 aliphatic rings. The van der Waals surface area contributed by atoms with Crippen molar-refractivity contribution < 1.29 is 19.5 Å². The zero-order chi connectivity index (χ0) is 23.9. The summed E-state index contributed by atoms with van der Waals surface area (Å²) in [6.07, 6.45) is 9.37. The summed E-state index contributed by atoms with van der Waals surface area (Å²) in [5.41, 5.74) is -1.59. The lowest BCUT2D eigenvalue weighted by Crippen LogP contribution is -2.55. The monoisotopic (exact) mass is 476 g/mol. The molecule has 2 saturated heterocycles. The van der Waals surface area contributed by atoms with Crippen LogP contribution in [0.25, 0.3) is 0 Å². The van der Waals surface area contributed by atoms with E-state index in [1.807, 2.05) is 20.8 Å². The fraction of sp³-hybridized carbons (Fsp3) is 0.808. The van der Waals surface area contributed by atoms with Gasteiger partial charge < -0.3 is 14.9 Å². The highest BCUT2D eigenvalue weighted by Crippen LogP contribution is 2.53. The van der Waals surface area contributed by atoms with Gasteiger partial charge in [-0.3, -0.25) is 14.4 Å². The number of fused-ring (bicyclic) bond motifs is 2. The van der Waals surface area contributed by atoms with E-state index in [2.05, 4.69) is 19.1 Å². The molecule has 6 nitrogen and oxygen atoms in total. The molecule has 3 fully saturated rings. The van der Waals surface area contributed by atoms with Crippen LogP contribution in [0.2, 0.25) is 0 Å². The summed E-state index contributed by atoms with van der Waals surface area (Å²) in [5, 5.41) is 11.4. The number of Topliss-reactive ketones (excluding diaryl/α,β-unsaturated/α-hetero) is 1. The van der Waals surface area contributed by atoms with E-state index in [1.165, 1.54) is 23.1 Å². The zero-order valence-corrected chi connectivity index (χ0v) is 21.4. The second-order valence-electron chi connectivity index (χ2n) is 10.3. The molecular formula is C26H40N2O4S. The van der Waals surface area contributed by atoms with Crippen molar-refractivity contribution in [2.75, 3.05) is 25.4 Å². The van der Waals surface area contributed by atoms with Crippen molar-refractivity contribution in [1.82, 2.24) is 9.80 Å². The van der Waals surface area contributed by atoms with Gasteiger partial charge in [-0.25, -0.2) is 0 Å². The quantitative estimate of drug-likeness (QED) is 0.450. The maximum Gasteiger partial charge on any atom is 0.236 e. The van der Waals surface area contributed by atoms with E-state index in [0.29, 0.717) is 37.7 Å². The van der Waals surface area contributed by atoms with Crippen molar-refractivity contribution in [3.8, 4) is 0 Å². The highest BCUT2D eigenvalue weighted by Gasteiger charge is 2.68. The molecule has 7 heteroatoms. The Bertz CT molecular complexity index is 812. The van der Waals surface area contributed by atoms with Crippen LogP contribution in [0.3, 0.4) is 0 Å². The predicted octanol–water partition coefficient (Wildman–Crippen LogP) is 3.34. The van der Waals surface area contributed by atoms with Crippen LogP contribution in [0.1, 0.15) is 59.8 Å². The molecule has 1 N–H and O–H groups in total. The number of carbonyl (C=O) groups is 3. The van der Waals surface area contributed by atoms with Crippen LogP contribution < -0.4 is 0 Å². The van der Waals surface area contributed by atoms with E-state index < -0.39 is 22.8 Å². The summed E-state index contributed by atoms with van der Waals surface area (Å²) in [7, 11) is 0. The second kappa shape index (κ2) is 9.73. The van der Waals surface area contributed by atoms with Crippen LogP contribution in [0, 0.1) is 35.5 Å². The molecule has 0 aromatic carbocycles. The summed E-state index contributed by atoms with van der Waals surface area (Å²) < 4.78 is 0. The first kappa shape index (κ1) is 24.8. The summed E-state index contributed by atoms with van der Waals surface area (Å²) in [4.78, 5) is 44.4. The van der Waals surface area contributed by atoms with Gasteiger partial charge in [0, 0.05) is 25.6 Å². The first-order valence-corrected chi connectivity index (χ1v) is 14.0. The van der Waals surface area contributed by atoms with E-state index in [-0.39, 0.29) is 35.4 Å². The van der Waals surface area contributed by atoms with Gasteiger partial charge in [0.2, 0.25) is 11.8 Å². The number of allylic oxidation sites excluding steroid dienone is 2. The molecule has 2 heterocycles. The molecule has 0 radical (unpaired) electrons. The average Bonchev–Trinajstić information content (AvgIpc) is 3.26. The van der Waals surface area contributed by atoms with Gasteiger partial charge >= 0.3 is 0 Å². The first-order chi connectivity index (χ1) is 15.8.